The van der Waals surface area contributed by atoms with E-state index in [-0.39, 0.29) is 29.9 Å². The Bertz CT molecular complexity index is 1160. The van der Waals surface area contributed by atoms with Gasteiger partial charge in [-0.1, -0.05) is 44.9 Å². The van der Waals surface area contributed by atoms with Crippen LogP contribution < -0.4 is 10.6 Å². The van der Waals surface area contributed by atoms with E-state index >= 15 is 0 Å². The van der Waals surface area contributed by atoms with Crippen molar-refractivity contribution in [1.29, 1.82) is 0 Å². The molecule has 9 heteroatoms. The van der Waals surface area contributed by atoms with E-state index in [0.717, 1.165) is 19.3 Å². The van der Waals surface area contributed by atoms with Gasteiger partial charge in [0.2, 0.25) is 11.8 Å². The van der Waals surface area contributed by atoms with E-state index in [9.17, 15) is 24.6 Å². The molecule has 3 unspecified atom stereocenters. The number of phenolic OH excluding ortho intramolecular Hbond substituents is 2. The van der Waals surface area contributed by atoms with Crippen LogP contribution in [0.3, 0.4) is 0 Å². The Hall–Kier alpha value is -3.75. The lowest BCUT2D eigenvalue weighted by atomic mass is 9.96. The minimum absolute atomic E-state index is 0.0838. The maximum atomic E-state index is 14.4. The van der Waals surface area contributed by atoms with Crippen LogP contribution in [0, 0.1) is 6.92 Å². The van der Waals surface area contributed by atoms with Crippen molar-refractivity contribution in [2.45, 2.75) is 104 Å². The summed E-state index contributed by atoms with van der Waals surface area (Å²) in [6.45, 7) is 13.3. The first-order valence-electron chi connectivity index (χ1n) is 14.4. The number of carbonyl (C=O) groups excluding carboxylic acids is 3. The maximum absolute atomic E-state index is 14.4. The van der Waals surface area contributed by atoms with Gasteiger partial charge in [0.15, 0.2) is 0 Å². The Morgan fingerprint density at radius 2 is 1.66 bits per heavy atom. The third-order valence-corrected chi connectivity index (χ3v) is 6.83. The van der Waals surface area contributed by atoms with Gasteiger partial charge >= 0.3 is 6.09 Å². The molecule has 41 heavy (non-hydrogen) atoms. The van der Waals surface area contributed by atoms with Crippen molar-refractivity contribution in [2.24, 2.45) is 0 Å². The number of hydrogen-bond acceptors (Lipinski definition) is 6. The van der Waals surface area contributed by atoms with Gasteiger partial charge in [-0.2, -0.15) is 0 Å². The van der Waals surface area contributed by atoms with Crippen LogP contribution in [0.2, 0.25) is 0 Å². The Kier molecular flexibility index (Phi) is 12.5. The second-order valence-electron chi connectivity index (χ2n) is 11.5. The van der Waals surface area contributed by atoms with Crippen LogP contribution in [0.1, 0.15) is 90.0 Å². The number of nitrogens with one attached hydrogen (secondary N) is 2. The molecule has 0 spiro atoms. The van der Waals surface area contributed by atoms with Crippen molar-refractivity contribution in [3.63, 3.8) is 0 Å². The molecule has 2 aromatic rings. The monoisotopic (exact) mass is 569 g/mol. The highest BCUT2D eigenvalue weighted by Crippen LogP contribution is 2.30. The zero-order chi connectivity index (χ0) is 30.7. The predicted octanol–water partition coefficient (Wildman–Crippen LogP) is 5.52. The molecule has 0 radical (unpaired) electrons. The van der Waals surface area contributed by atoms with E-state index in [0.29, 0.717) is 29.7 Å². The number of rotatable bonds is 13. The largest absolute Gasteiger partial charge is 0.508 e. The first-order valence-corrected chi connectivity index (χ1v) is 14.4. The quantitative estimate of drug-likeness (QED) is 0.235. The Morgan fingerprint density at radius 1 is 1.00 bits per heavy atom. The van der Waals surface area contributed by atoms with Crippen molar-refractivity contribution in [3.05, 3.63) is 59.2 Å². The third-order valence-electron chi connectivity index (χ3n) is 6.83. The van der Waals surface area contributed by atoms with Gasteiger partial charge < -0.3 is 30.5 Å². The van der Waals surface area contributed by atoms with Gasteiger partial charge in [-0.05, 0) is 88.4 Å². The number of benzene rings is 2. The molecule has 9 nitrogen and oxygen atoms in total. The minimum Gasteiger partial charge on any atom is -0.508 e. The number of hydrogen-bond donors (Lipinski definition) is 4. The Labute approximate surface area is 244 Å². The molecule has 0 aliphatic carbocycles. The smallest absolute Gasteiger partial charge is 0.408 e. The number of nitrogens with zero attached hydrogens (tertiary/aromatic N) is 1. The molecule has 0 saturated carbocycles. The fourth-order valence-electron chi connectivity index (χ4n) is 4.46. The van der Waals surface area contributed by atoms with Crippen molar-refractivity contribution in [1.82, 2.24) is 15.5 Å². The van der Waals surface area contributed by atoms with E-state index in [2.05, 4.69) is 17.6 Å². The maximum Gasteiger partial charge on any atom is 0.408 e. The van der Waals surface area contributed by atoms with Crippen LogP contribution in [0.15, 0.2) is 42.5 Å². The summed E-state index contributed by atoms with van der Waals surface area (Å²) >= 11 is 0. The van der Waals surface area contributed by atoms with Crippen LogP contribution in [0.5, 0.6) is 11.5 Å². The first kappa shape index (κ1) is 33.5. The highest BCUT2D eigenvalue weighted by molar-refractivity contribution is 5.92. The van der Waals surface area contributed by atoms with Crippen LogP contribution in [0.4, 0.5) is 4.79 Å². The lowest BCUT2D eigenvalue weighted by molar-refractivity contribution is -0.145. The number of aromatic hydroxyl groups is 2. The van der Waals surface area contributed by atoms with Crippen LogP contribution >= 0.6 is 0 Å². The molecule has 0 aromatic heterocycles. The molecule has 2 rings (SSSR count). The van der Waals surface area contributed by atoms with E-state index in [4.69, 9.17) is 4.74 Å². The number of unbranched alkanes of at least 4 members (excludes halogenated alkanes) is 2. The topological polar surface area (TPSA) is 128 Å². The van der Waals surface area contributed by atoms with Crippen molar-refractivity contribution >= 4 is 17.9 Å². The summed E-state index contributed by atoms with van der Waals surface area (Å²) in [6, 6.07) is 8.85. The van der Waals surface area contributed by atoms with Gasteiger partial charge in [-0.25, -0.2) is 4.79 Å². The zero-order valence-corrected chi connectivity index (χ0v) is 25.5. The second kappa shape index (κ2) is 15.3. The average Bonchev–Trinajstić information content (AvgIpc) is 2.90. The summed E-state index contributed by atoms with van der Waals surface area (Å²) in [6.07, 6.45) is 2.70. The summed E-state index contributed by atoms with van der Waals surface area (Å²) < 4.78 is 5.47. The molecule has 0 saturated heterocycles. The minimum atomic E-state index is -1.06. The van der Waals surface area contributed by atoms with Crippen LogP contribution in [-0.2, 0) is 20.7 Å². The van der Waals surface area contributed by atoms with Crippen molar-refractivity contribution < 1.29 is 29.3 Å². The normalized spacial score (nSPS) is 13.5. The first-order chi connectivity index (χ1) is 19.3. The molecule has 0 aliphatic heterocycles. The molecule has 3 atom stereocenters. The summed E-state index contributed by atoms with van der Waals surface area (Å²) in [5.41, 5.74) is 1.07. The van der Waals surface area contributed by atoms with Gasteiger partial charge in [0.25, 0.3) is 0 Å². The van der Waals surface area contributed by atoms with Gasteiger partial charge in [-0.15, -0.1) is 0 Å². The number of alkyl carbamates (subject to hydrolysis) is 1. The van der Waals surface area contributed by atoms with Crippen LogP contribution in [0.25, 0.3) is 0 Å². The van der Waals surface area contributed by atoms with Gasteiger partial charge in [0, 0.05) is 19.0 Å². The summed E-state index contributed by atoms with van der Waals surface area (Å²) in [4.78, 5) is 42.6. The summed E-state index contributed by atoms with van der Waals surface area (Å²) in [5.74, 6) is -0.604. The van der Waals surface area contributed by atoms with Crippen molar-refractivity contribution in [3.8, 4) is 11.5 Å². The molecule has 226 valence electrons. The number of carbonyl (C=O) groups is 3. The number of phenols is 2. The highest BCUT2D eigenvalue weighted by Gasteiger charge is 2.38. The molecular formula is C32H47N3O6. The van der Waals surface area contributed by atoms with E-state index in [1.807, 2.05) is 13.8 Å². The SMILES string of the molecule is CCCCCNC(=O)C(c1ccc(O)c(C)c1)N(C(=O)C(Cc1ccc(O)cc1)NC(=O)OC(C)(C)C)C(C)CC. The molecular weight excluding hydrogens is 522 g/mol. The number of amides is 3. The van der Waals surface area contributed by atoms with Gasteiger partial charge in [0.1, 0.15) is 29.2 Å². The zero-order valence-electron chi connectivity index (χ0n) is 25.5. The lowest BCUT2D eigenvalue weighted by Crippen LogP contribution is -2.56. The Balaban J connectivity index is 2.57. The molecule has 0 bridgehead atoms. The van der Waals surface area contributed by atoms with Crippen molar-refractivity contribution in [2.75, 3.05) is 6.54 Å². The standard InChI is InChI=1S/C32H47N3O6/c1-8-10-11-18-33-29(38)28(24-14-17-27(37)21(3)19-24)35(22(4)9-2)30(39)26(34-31(40)41-32(5,6)7)20-23-12-15-25(36)16-13-23/h12-17,19,22,26,28,36-37H,8-11,18,20H2,1-7H3,(H,33,38)(H,34,40). The second-order valence-corrected chi connectivity index (χ2v) is 11.5. The number of ether oxygens (including phenoxy) is 1. The Morgan fingerprint density at radius 3 is 2.22 bits per heavy atom. The highest BCUT2D eigenvalue weighted by atomic mass is 16.6. The fraction of sp³-hybridized carbons (Fsp3) is 0.531. The van der Waals surface area contributed by atoms with E-state index < -0.39 is 29.7 Å². The third kappa shape index (κ3) is 10.3. The van der Waals surface area contributed by atoms with E-state index in [1.165, 1.54) is 23.1 Å². The summed E-state index contributed by atoms with van der Waals surface area (Å²) in [7, 11) is 0. The predicted molar refractivity (Wildman–Crippen MR) is 160 cm³/mol. The average molecular weight is 570 g/mol. The molecule has 4 N–H and O–H groups in total. The fourth-order valence-corrected chi connectivity index (χ4v) is 4.46. The van der Waals surface area contributed by atoms with Crippen LogP contribution in [-0.4, -0.2) is 57.3 Å². The summed E-state index contributed by atoms with van der Waals surface area (Å²) in [5, 5.41) is 25.6. The van der Waals surface area contributed by atoms with Gasteiger partial charge in [0.05, 0.1) is 0 Å². The lowest BCUT2D eigenvalue weighted by Gasteiger charge is -2.38. The molecule has 0 heterocycles. The molecule has 0 aliphatic rings. The molecule has 3 amide bonds. The van der Waals surface area contributed by atoms with Gasteiger partial charge in [-0.3, -0.25) is 9.59 Å². The number of aryl methyl sites for hydroxylation is 1. The van der Waals surface area contributed by atoms with E-state index in [1.54, 1.807) is 52.0 Å². The molecule has 0 fully saturated rings. The molecule has 2 aromatic carbocycles.